The van der Waals surface area contributed by atoms with Crippen LogP contribution in [0.25, 0.3) is 0 Å². The molecule has 0 aliphatic heterocycles. The molecular formula is C12H15ClO2S. The van der Waals surface area contributed by atoms with Gasteiger partial charge in [0.25, 0.3) is 0 Å². The molecule has 2 unspecified atom stereocenters. The Labute approximate surface area is 105 Å². The van der Waals surface area contributed by atoms with E-state index in [1.807, 2.05) is 13.0 Å². The first kappa shape index (κ1) is 13.6. The van der Waals surface area contributed by atoms with Crippen molar-refractivity contribution >= 4 is 29.1 Å². The summed E-state index contributed by atoms with van der Waals surface area (Å²) in [7, 11) is 0. The molecule has 0 heterocycles. The van der Waals surface area contributed by atoms with E-state index in [1.54, 1.807) is 19.1 Å². The fourth-order valence-corrected chi connectivity index (χ4v) is 2.34. The highest BCUT2D eigenvalue weighted by Gasteiger charge is 2.13. The molecule has 0 saturated heterocycles. The number of thioether (sulfide) groups is 1. The van der Waals surface area contributed by atoms with Crippen LogP contribution in [0.3, 0.4) is 0 Å². The number of hydrogen-bond donors (Lipinski definition) is 1. The summed E-state index contributed by atoms with van der Waals surface area (Å²) in [6.45, 7) is 5.19. The van der Waals surface area contributed by atoms with Crippen LogP contribution in [-0.4, -0.2) is 22.2 Å². The van der Waals surface area contributed by atoms with Crippen molar-refractivity contribution in [3.05, 3.63) is 28.8 Å². The molecule has 0 amide bonds. The van der Waals surface area contributed by atoms with Gasteiger partial charge in [0.15, 0.2) is 5.78 Å². The van der Waals surface area contributed by atoms with Crippen molar-refractivity contribution in [1.82, 2.24) is 0 Å². The average Bonchev–Trinajstić information content (AvgIpc) is 2.20. The number of aliphatic hydroxyl groups is 1. The molecule has 1 N–H and O–H groups in total. The Balaban J connectivity index is 2.87. The number of halogens is 1. The second-order valence-electron chi connectivity index (χ2n) is 3.76. The van der Waals surface area contributed by atoms with Crippen LogP contribution >= 0.6 is 23.4 Å². The fourth-order valence-electron chi connectivity index (χ4n) is 1.11. The van der Waals surface area contributed by atoms with Crippen LogP contribution in [0.4, 0.5) is 0 Å². The van der Waals surface area contributed by atoms with Crippen LogP contribution in [0.15, 0.2) is 23.1 Å². The van der Waals surface area contributed by atoms with Gasteiger partial charge in [-0.25, -0.2) is 0 Å². The third-order valence-corrected chi connectivity index (χ3v) is 4.13. The summed E-state index contributed by atoms with van der Waals surface area (Å²) in [6, 6.07) is 5.24. The number of benzene rings is 1. The Morgan fingerprint density at radius 2 is 2.06 bits per heavy atom. The standard InChI is InChI=1S/C12H15ClO2S/c1-7(14)9(3)16-12-5-4-10(8(2)15)6-11(12)13/h4-7,9,14H,1-3H3. The molecular weight excluding hydrogens is 244 g/mol. The third-order valence-electron chi connectivity index (χ3n) is 2.33. The van der Waals surface area contributed by atoms with Gasteiger partial charge >= 0.3 is 0 Å². The molecule has 0 aliphatic rings. The predicted octanol–water partition coefficient (Wildman–Crippen LogP) is 3.40. The second-order valence-corrected chi connectivity index (χ2v) is 5.59. The van der Waals surface area contributed by atoms with Crippen molar-refractivity contribution in [2.75, 3.05) is 0 Å². The van der Waals surface area contributed by atoms with Crippen LogP contribution in [0, 0.1) is 0 Å². The Hall–Kier alpha value is -0.510. The topological polar surface area (TPSA) is 37.3 Å². The minimum Gasteiger partial charge on any atom is -0.392 e. The van der Waals surface area contributed by atoms with E-state index in [2.05, 4.69) is 0 Å². The van der Waals surface area contributed by atoms with Gasteiger partial charge in [-0.2, -0.15) is 0 Å². The number of carbonyl (C=O) groups is 1. The van der Waals surface area contributed by atoms with E-state index >= 15 is 0 Å². The summed E-state index contributed by atoms with van der Waals surface area (Å²) in [4.78, 5) is 12.0. The van der Waals surface area contributed by atoms with Gasteiger partial charge in [-0.15, -0.1) is 11.8 Å². The minimum absolute atomic E-state index is 0.00187. The third kappa shape index (κ3) is 3.51. The summed E-state index contributed by atoms with van der Waals surface area (Å²) < 4.78 is 0. The maximum atomic E-state index is 11.1. The maximum Gasteiger partial charge on any atom is 0.159 e. The molecule has 1 aromatic rings. The van der Waals surface area contributed by atoms with Crippen molar-refractivity contribution in [3.8, 4) is 0 Å². The smallest absolute Gasteiger partial charge is 0.159 e. The van der Waals surface area contributed by atoms with E-state index in [9.17, 15) is 9.90 Å². The molecule has 0 saturated carbocycles. The zero-order valence-electron chi connectivity index (χ0n) is 9.53. The number of hydrogen-bond acceptors (Lipinski definition) is 3. The van der Waals surface area contributed by atoms with Crippen molar-refractivity contribution in [2.24, 2.45) is 0 Å². The average molecular weight is 259 g/mol. The maximum absolute atomic E-state index is 11.1. The molecule has 0 bridgehead atoms. The highest BCUT2D eigenvalue weighted by Crippen LogP contribution is 2.32. The summed E-state index contributed by atoms with van der Waals surface area (Å²) in [6.07, 6.45) is -0.395. The summed E-state index contributed by atoms with van der Waals surface area (Å²) >= 11 is 7.57. The zero-order valence-corrected chi connectivity index (χ0v) is 11.1. The number of ketones is 1. The Morgan fingerprint density at radius 3 is 2.50 bits per heavy atom. The molecule has 88 valence electrons. The van der Waals surface area contributed by atoms with Gasteiger partial charge in [0, 0.05) is 15.7 Å². The molecule has 2 nitrogen and oxygen atoms in total. The fraction of sp³-hybridized carbons (Fsp3) is 0.417. The SMILES string of the molecule is CC(=O)c1ccc(SC(C)C(C)O)c(Cl)c1. The monoisotopic (exact) mass is 258 g/mol. The Morgan fingerprint density at radius 1 is 1.44 bits per heavy atom. The van der Waals surface area contributed by atoms with Crippen LogP contribution in [0.5, 0.6) is 0 Å². The normalized spacial score (nSPS) is 14.6. The van der Waals surface area contributed by atoms with Crippen molar-refractivity contribution in [3.63, 3.8) is 0 Å². The number of aliphatic hydroxyl groups excluding tert-OH is 1. The molecule has 0 aromatic heterocycles. The van der Waals surface area contributed by atoms with Crippen molar-refractivity contribution < 1.29 is 9.90 Å². The summed E-state index contributed by atoms with van der Waals surface area (Å²) in [5, 5.41) is 10.0. The first-order valence-electron chi connectivity index (χ1n) is 5.07. The summed E-state index contributed by atoms with van der Waals surface area (Å²) in [5.74, 6) is 0.00187. The van der Waals surface area contributed by atoms with E-state index in [4.69, 9.17) is 11.6 Å². The van der Waals surface area contributed by atoms with E-state index in [1.165, 1.54) is 18.7 Å². The highest BCUT2D eigenvalue weighted by molar-refractivity contribution is 8.00. The number of rotatable bonds is 4. The van der Waals surface area contributed by atoms with Gasteiger partial charge in [0.05, 0.1) is 11.1 Å². The molecule has 0 fully saturated rings. The predicted molar refractivity (Wildman–Crippen MR) is 68.5 cm³/mol. The largest absolute Gasteiger partial charge is 0.392 e. The molecule has 4 heteroatoms. The molecule has 0 aliphatic carbocycles. The van der Waals surface area contributed by atoms with Gasteiger partial charge in [-0.1, -0.05) is 24.6 Å². The van der Waals surface area contributed by atoms with Crippen LogP contribution in [0.2, 0.25) is 5.02 Å². The lowest BCUT2D eigenvalue weighted by Gasteiger charge is -2.15. The molecule has 2 atom stereocenters. The van der Waals surface area contributed by atoms with Crippen LogP contribution < -0.4 is 0 Å². The van der Waals surface area contributed by atoms with Gasteiger partial charge in [-0.05, 0) is 26.0 Å². The van der Waals surface area contributed by atoms with E-state index in [0.717, 1.165) is 4.90 Å². The van der Waals surface area contributed by atoms with Gasteiger partial charge in [0.1, 0.15) is 0 Å². The molecule has 0 spiro atoms. The summed E-state index contributed by atoms with van der Waals surface area (Å²) in [5.41, 5.74) is 0.610. The van der Waals surface area contributed by atoms with Crippen molar-refractivity contribution in [2.45, 2.75) is 37.0 Å². The molecule has 1 rings (SSSR count). The van der Waals surface area contributed by atoms with Gasteiger partial charge in [-0.3, -0.25) is 4.79 Å². The van der Waals surface area contributed by atoms with Crippen LogP contribution in [-0.2, 0) is 0 Å². The molecule has 0 radical (unpaired) electrons. The number of carbonyl (C=O) groups excluding carboxylic acids is 1. The van der Waals surface area contributed by atoms with Crippen molar-refractivity contribution in [1.29, 1.82) is 0 Å². The zero-order chi connectivity index (χ0) is 12.3. The van der Waals surface area contributed by atoms with E-state index < -0.39 is 6.10 Å². The van der Waals surface area contributed by atoms with Gasteiger partial charge in [0.2, 0.25) is 0 Å². The lowest BCUT2D eigenvalue weighted by atomic mass is 10.1. The number of Topliss-reactive ketones (excluding diaryl/α,β-unsaturated/α-hetero) is 1. The quantitative estimate of drug-likeness (QED) is 0.664. The molecule has 1 aromatic carbocycles. The highest BCUT2D eigenvalue weighted by atomic mass is 35.5. The minimum atomic E-state index is -0.395. The van der Waals surface area contributed by atoms with Gasteiger partial charge < -0.3 is 5.11 Å². The lowest BCUT2D eigenvalue weighted by molar-refractivity contribution is 0.101. The second kappa shape index (κ2) is 5.71. The van der Waals surface area contributed by atoms with Crippen LogP contribution in [0.1, 0.15) is 31.1 Å². The van der Waals surface area contributed by atoms with E-state index in [0.29, 0.717) is 10.6 Å². The first-order valence-corrected chi connectivity index (χ1v) is 6.32. The molecule has 16 heavy (non-hydrogen) atoms. The first-order chi connectivity index (χ1) is 7.41. The lowest BCUT2D eigenvalue weighted by Crippen LogP contribution is -2.14. The Bertz CT molecular complexity index is 391. The Kier molecular flexibility index (Phi) is 4.84. The van der Waals surface area contributed by atoms with E-state index in [-0.39, 0.29) is 11.0 Å².